The molecule has 21 heavy (non-hydrogen) atoms. The van der Waals surface area contributed by atoms with Crippen LogP contribution in [0.15, 0.2) is 24.3 Å². The number of amides is 1. The lowest BCUT2D eigenvalue weighted by Gasteiger charge is -2.40. The lowest BCUT2D eigenvalue weighted by atomic mass is 10.1. The molecule has 1 amide bonds. The van der Waals surface area contributed by atoms with Crippen molar-refractivity contribution in [2.24, 2.45) is 0 Å². The molecule has 1 N–H and O–H groups in total. The third-order valence-electron chi connectivity index (χ3n) is 4.09. The summed E-state index contributed by atoms with van der Waals surface area (Å²) in [7, 11) is 0. The quantitative estimate of drug-likeness (QED) is 0.933. The molecule has 1 heterocycles. The van der Waals surface area contributed by atoms with Gasteiger partial charge in [-0.1, -0.05) is 6.92 Å². The summed E-state index contributed by atoms with van der Waals surface area (Å²) in [6.07, 6.45) is 0. The van der Waals surface area contributed by atoms with Crippen LogP contribution in [0.25, 0.3) is 0 Å². The Morgan fingerprint density at radius 3 is 2.71 bits per heavy atom. The number of hydrogen-bond acceptors (Lipinski definition) is 4. The van der Waals surface area contributed by atoms with Crippen molar-refractivity contribution >= 4 is 23.4 Å². The molecule has 0 aliphatic carbocycles. The zero-order chi connectivity index (χ0) is 15.4. The lowest BCUT2D eigenvalue weighted by Crippen LogP contribution is -2.53. The van der Waals surface area contributed by atoms with Crippen LogP contribution in [-0.2, 0) is 4.79 Å². The van der Waals surface area contributed by atoms with E-state index in [0.717, 1.165) is 18.0 Å². The highest BCUT2D eigenvalue weighted by molar-refractivity contribution is 8.00. The van der Waals surface area contributed by atoms with Crippen molar-refractivity contribution in [2.75, 3.05) is 17.6 Å². The first-order valence-electron chi connectivity index (χ1n) is 7.21. The minimum Gasteiger partial charge on any atom is -0.325 e. The van der Waals surface area contributed by atoms with Gasteiger partial charge in [0.05, 0.1) is 17.7 Å². The van der Waals surface area contributed by atoms with E-state index in [1.165, 1.54) is 0 Å². The fraction of sp³-hybridized carbons (Fsp3) is 0.500. The Labute approximate surface area is 130 Å². The van der Waals surface area contributed by atoms with Gasteiger partial charge in [-0.2, -0.15) is 17.0 Å². The van der Waals surface area contributed by atoms with Gasteiger partial charge in [0.1, 0.15) is 0 Å². The molecular weight excluding hydrogens is 282 g/mol. The van der Waals surface area contributed by atoms with Crippen molar-refractivity contribution in [1.29, 1.82) is 5.26 Å². The van der Waals surface area contributed by atoms with Crippen LogP contribution in [0, 0.1) is 11.3 Å². The van der Waals surface area contributed by atoms with Gasteiger partial charge in [-0.15, -0.1) is 0 Å². The summed E-state index contributed by atoms with van der Waals surface area (Å²) < 4.78 is 0. The minimum atomic E-state index is -0.154. The summed E-state index contributed by atoms with van der Waals surface area (Å²) in [4.78, 5) is 14.7. The van der Waals surface area contributed by atoms with Crippen LogP contribution < -0.4 is 5.32 Å². The Balaban J connectivity index is 2.00. The number of hydrogen-bond donors (Lipinski definition) is 1. The highest BCUT2D eigenvalue weighted by Crippen LogP contribution is 2.26. The zero-order valence-electron chi connectivity index (χ0n) is 12.7. The summed E-state index contributed by atoms with van der Waals surface area (Å²) in [5, 5.41) is 12.3. The van der Waals surface area contributed by atoms with E-state index >= 15 is 0 Å². The average Bonchev–Trinajstić information content (AvgIpc) is 2.50. The Morgan fingerprint density at radius 2 is 2.10 bits per heavy atom. The Kier molecular flexibility index (Phi) is 5.27. The molecule has 2 rings (SSSR count). The van der Waals surface area contributed by atoms with Crippen LogP contribution in [0.2, 0.25) is 0 Å². The molecule has 0 spiro atoms. The number of rotatable bonds is 3. The van der Waals surface area contributed by atoms with Gasteiger partial charge in [-0.05, 0) is 38.1 Å². The molecule has 4 nitrogen and oxygen atoms in total. The maximum Gasteiger partial charge on any atom is 0.241 e. The van der Waals surface area contributed by atoms with Crippen molar-refractivity contribution in [2.45, 2.75) is 38.1 Å². The number of nitrogens with one attached hydrogen (secondary N) is 1. The third-order valence-corrected chi connectivity index (χ3v) is 5.43. The summed E-state index contributed by atoms with van der Waals surface area (Å²) in [5.41, 5.74) is 1.33. The van der Waals surface area contributed by atoms with E-state index in [1.807, 2.05) is 18.7 Å². The van der Waals surface area contributed by atoms with E-state index < -0.39 is 0 Å². The molecule has 3 unspecified atom stereocenters. The molecule has 1 aromatic rings. The Bertz CT molecular complexity index is 537. The maximum absolute atomic E-state index is 12.4. The lowest BCUT2D eigenvalue weighted by molar-refractivity contribution is -0.121. The monoisotopic (exact) mass is 303 g/mol. The van der Waals surface area contributed by atoms with Gasteiger partial charge in [0, 0.05) is 29.3 Å². The molecule has 1 fully saturated rings. The second kappa shape index (κ2) is 6.97. The molecule has 112 valence electrons. The van der Waals surface area contributed by atoms with Crippen LogP contribution in [0.4, 0.5) is 5.69 Å². The van der Waals surface area contributed by atoms with E-state index in [4.69, 9.17) is 5.26 Å². The average molecular weight is 303 g/mol. The third kappa shape index (κ3) is 3.78. The van der Waals surface area contributed by atoms with Crippen LogP contribution in [0.5, 0.6) is 0 Å². The van der Waals surface area contributed by atoms with Gasteiger partial charge in [0.15, 0.2) is 0 Å². The predicted molar refractivity (Wildman–Crippen MR) is 87.3 cm³/mol. The first kappa shape index (κ1) is 15.9. The summed E-state index contributed by atoms with van der Waals surface area (Å²) in [5.74, 6) is 1.07. The maximum atomic E-state index is 12.4. The van der Waals surface area contributed by atoms with E-state index in [-0.39, 0.29) is 11.9 Å². The number of carbonyl (C=O) groups is 1. The van der Waals surface area contributed by atoms with Crippen LogP contribution >= 0.6 is 11.8 Å². The molecule has 1 aliphatic heterocycles. The van der Waals surface area contributed by atoms with Gasteiger partial charge >= 0.3 is 0 Å². The molecule has 0 bridgehead atoms. The number of benzene rings is 1. The first-order chi connectivity index (χ1) is 10.0. The molecule has 0 aromatic heterocycles. The molecule has 0 radical (unpaired) electrons. The van der Waals surface area contributed by atoms with E-state index in [0.29, 0.717) is 16.9 Å². The first-order valence-corrected chi connectivity index (χ1v) is 8.26. The smallest absolute Gasteiger partial charge is 0.241 e. The molecule has 5 heteroatoms. The number of anilines is 1. The molecular formula is C16H21N3OS. The number of thioether (sulfide) groups is 1. The van der Waals surface area contributed by atoms with Crippen molar-refractivity contribution in [1.82, 2.24) is 4.90 Å². The van der Waals surface area contributed by atoms with Crippen LogP contribution in [-0.4, -0.2) is 40.4 Å². The highest BCUT2D eigenvalue weighted by atomic mass is 32.2. The fourth-order valence-corrected chi connectivity index (χ4v) is 3.65. The van der Waals surface area contributed by atoms with Gasteiger partial charge in [-0.3, -0.25) is 9.69 Å². The number of nitriles is 1. The molecule has 1 saturated heterocycles. The van der Waals surface area contributed by atoms with Crippen molar-refractivity contribution < 1.29 is 4.79 Å². The zero-order valence-corrected chi connectivity index (χ0v) is 13.5. The van der Waals surface area contributed by atoms with Gasteiger partial charge < -0.3 is 5.32 Å². The fourth-order valence-electron chi connectivity index (χ4n) is 2.53. The summed E-state index contributed by atoms with van der Waals surface area (Å²) in [6, 6.07) is 9.26. The molecule has 0 saturated carbocycles. The largest absolute Gasteiger partial charge is 0.325 e. The molecule has 1 aliphatic rings. The Hall–Kier alpha value is -1.51. The van der Waals surface area contributed by atoms with Crippen LogP contribution in [0.3, 0.4) is 0 Å². The van der Waals surface area contributed by atoms with E-state index in [2.05, 4.69) is 30.1 Å². The predicted octanol–water partition coefficient (Wildman–Crippen LogP) is 2.71. The van der Waals surface area contributed by atoms with Crippen molar-refractivity contribution in [3.63, 3.8) is 0 Å². The highest BCUT2D eigenvalue weighted by Gasteiger charge is 2.31. The second-order valence-electron chi connectivity index (χ2n) is 5.41. The van der Waals surface area contributed by atoms with Crippen molar-refractivity contribution in [3.8, 4) is 6.07 Å². The Morgan fingerprint density at radius 1 is 1.43 bits per heavy atom. The standard InChI is InChI=1S/C16H21N3OS/c1-11-13(3)21-9-8-19(11)12(2)16(20)18-15-6-4-14(10-17)5-7-15/h4-7,11-13H,8-9H2,1-3H3,(H,18,20). The van der Waals surface area contributed by atoms with E-state index in [9.17, 15) is 4.79 Å². The summed E-state index contributed by atoms with van der Waals surface area (Å²) >= 11 is 1.96. The topological polar surface area (TPSA) is 56.1 Å². The second-order valence-corrected chi connectivity index (χ2v) is 6.89. The molecule has 3 atom stereocenters. The molecule has 1 aromatic carbocycles. The summed E-state index contributed by atoms with van der Waals surface area (Å²) in [6.45, 7) is 7.30. The minimum absolute atomic E-state index is 0.00524. The van der Waals surface area contributed by atoms with Crippen LogP contribution in [0.1, 0.15) is 26.3 Å². The van der Waals surface area contributed by atoms with Gasteiger partial charge in [0.25, 0.3) is 0 Å². The SMILES string of the molecule is CC1SCCN(C(C)C(=O)Nc2ccc(C#N)cc2)C1C. The van der Waals surface area contributed by atoms with Crippen molar-refractivity contribution in [3.05, 3.63) is 29.8 Å². The van der Waals surface area contributed by atoms with Gasteiger partial charge in [0.2, 0.25) is 5.91 Å². The number of nitrogens with zero attached hydrogens (tertiary/aromatic N) is 2. The van der Waals surface area contributed by atoms with Gasteiger partial charge in [-0.25, -0.2) is 0 Å². The van der Waals surface area contributed by atoms with E-state index in [1.54, 1.807) is 24.3 Å². The number of carbonyl (C=O) groups excluding carboxylic acids is 1. The normalized spacial score (nSPS) is 24.1.